The van der Waals surface area contributed by atoms with Crippen molar-refractivity contribution < 1.29 is 4.39 Å². The Kier molecular flexibility index (Phi) is 3.25. The smallest absolute Gasteiger partial charge is 0.258 e. The Bertz CT molecular complexity index is 1210. The number of H-pyrrole nitrogens is 1. The second-order valence-corrected chi connectivity index (χ2v) is 6.49. The van der Waals surface area contributed by atoms with Crippen LogP contribution in [0, 0.1) is 5.82 Å². The highest BCUT2D eigenvalue weighted by molar-refractivity contribution is 5.77. The normalized spacial score (nSPS) is 12.3. The summed E-state index contributed by atoms with van der Waals surface area (Å²) in [6.45, 7) is 0.828. The van der Waals surface area contributed by atoms with E-state index in [1.807, 2.05) is 18.3 Å². The van der Waals surface area contributed by atoms with Crippen molar-refractivity contribution in [2.24, 2.45) is 0 Å². The van der Waals surface area contributed by atoms with Gasteiger partial charge in [0.2, 0.25) is 0 Å². The van der Waals surface area contributed by atoms with Crippen LogP contribution in [0.15, 0.2) is 53.5 Å². The Morgan fingerprint density at radius 1 is 1.08 bits per heavy atom. The first kappa shape index (κ1) is 15.0. The molecule has 0 saturated heterocycles. The number of rotatable bonds is 3. The summed E-state index contributed by atoms with van der Waals surface area (Å²) in [4.78, 5) is 23.9. The first-order chi connectivity index (χ1) is 12.7. The fourth-order valence-corrected chi connectivity index (χ4v) is 3.52. The van der Waals surface area contributed by atoms with E-state index in [9.17, 15) is 9.18 Å². The van der Waals surface area contributed by atoms with E-state index in [1.54, 1.807) is 6.07 Å². The predicted molar refractivity (Wildman–Crippen MR) is 96.5 cm³/mol. The summed E-state index contributed by atoms with van der Waals surface area (Å²) in [7, 11) is 0. The number of aromatic amines is 1. The largest absolute Gasteiger partial charge is 0.326 e. The van der Waals surface area contributed by atoms with Gasteiger partial charge in [0.1, 0.15) is 23.0 Å². The molecule has 0 unspecified atom stereocenters. The standard InChI is InChI=1S/C20H15FN4O/c21-16-7-3-6-15-18(16)23-17(24-20(15)26)9-8-13-11-25-10-12-4-1-2-5-14(12)19(25)22-13/h1-7,11H,8-10H2,(H,23,24,26). The summed E-state index contributed by atoms with van der Waals surface area (Å²) in [5.74, 6) is 0.968. The molecule has 0 saturated carbocycles. The van der Waals surface area contributed by atoms with E-state index in [0.29, 0.717) is 18.7 Å². The quantitative estimate of drug-likeness (QED) is 0.546. The fraction of sp³-hybridized carbons (Fsp3) is 0.150. The topological polar surface area (TPSA) is 63.6 Å². The van der Waals surface area contributed by atoms with Crippen LogP contribution in [0.1, 0.15) is 17.1 Å². The Hall–Kier alpha value is -3.28. The molecule has 1 aliphatic heterocycles. The number of aryl methyl sites for hydroxylation is 2. The van der Waals surface area contributed by atoms with Crippen molar-refractivity contribution in [1.82, 2.24) is 19.5 Å². The molecule has 0 aliphatic carbocycles. The number of imidazole rings is 1. The molecular weight excluding hydrogens is 331 g/mol. The van der Waals surface area contributed by atoms with Gasteiger partial charge >= 0.3 is 0 Å². The van der Waals surface area contributed by atoms with E-state index in [2.05, 4.69) is 26.7 Å². The molecule has 0 atom stereocenters. The van der Waals surface area contributed by atoms with Crippen molar-refractivity contribution in [2.45, 2.75) is 19.4 Å². The molecule has 1 N–H and O–H groups in total. The van der Waals surface area contributed by atoms with Gasteiger partial charge in [0.15, 0.2) is 0 Å². The molecule has 128 valence electrons. The minimum atomic E-state index is -0.479. The van der Waals surface area contributed by atoms with E-state index < -0.39 is 5.82 Å². The summed E-state index contributed by atoms with van der Waals surface area (Å²) in [6, 6.07) is 12.6. The van der Waals surface area contributed by atoms with Gasteiger partial charge in [0.25, 0.3) is 5.56 Å². The molecule has 1 aliphatic rings. The number of fused-ring (bicyclic) bond motifs is 4. The van der Waals surface area contributed by atoms with Crippen LogP contribution < -0.4 is 5.56 Å². The minimum Gasteiger partial charge on any atom is -0.326 e. The van der Waals surface area contributed by atoms with E-state index in [0.717, 1.165) is 23.6 Å². The van der Waals surface area contributed by atoms with Gasteiger partial charge in [-0.3, -0.25) is 4.79 Å². The lowest BCUT2D eigenvalue weighted by Gasteiger charge is -2.03. The van der Waals surface area contributed by atoms with Gasteiger partial charge in [0.05, 0.1) is 11.1 Å². The number of hydrogen-bond acceptors (Lipinski definition) is 3. The third-order valence-corrected chi connectivity index (χ3v) is 4.78. The molecule has 3 heterocycles. The summed E-state index contributed by atoms with van der Waals surface area (Å²) in [6.07, 6.45) is 3.16. The lowest BCUT2D eigenvalue weighted by molar-refractivity contribution is 0.635. The van der Waals surface area contributed by atoms with Crippen LogP contribution in [0.5, 0.6) is 0 Å². The Morgan fingerprint density at radius 3 is 2.88 bits per heavy atom. The molecular formula is C20H15FN4O. The molecule has 6 heteroatoms. The zero-order valence-corrected chi connectivity index (χ0v) is 13.9. The average Bonchev–Trinajstić information content (AvgIpc) is 3.18. The van der Waals surface area contributed by atoms with Gasteiger partial charge in [0, 0.05) is 24.7 Å². The van der Waals surface area contributed by atoms with E-state index in [4.69, 9.17) is 4.98 Å². The molecule has 2 aromatic carbocycles. The first-order valence-corrected chi connectivity index (χ1v) is 8.51. The van der Waals surface area contributed by atoms with Gasteiger partial charge in [-0.1, -0.05) is 30.3 Å². The molecule has 0 spiro atoms. The maximum Gasteiger partial charge on any atom is 0.258 e. The second kappa shape index (κ2) is 5.62. The summed E-state index contributed by atoms with van der Waals surface area (Å²) in [5.41, 5.74) is 3.18. The third-order valence-electron chi connectivity index (χ3n) is 4.78. The van der Waals surface area contributed by atoms with Gasteiger partial charge < -0.3 is 9.55 Å². The molecule has 2 aromatic heterocycles. The van der Waals surface area contributed by atoms with Gasteiger partial charge in [-0.25, -0.2) is 14.4 Å². The van der Waals surface area contributed by atoms with Crippen LogP contribution in [0.3, 0.4) is 0 Å². The van der Waals surface area contributed by atoms with Crippen LogP contribution >= 0.6 is 0 Å². The van der Waals surface area contributed by atoms with Crippen LogP contribution in [0.4, 0.5) is 4.39 Å². The second-order valence-electron chi connectivity index (χ2n) is 6.49. The van der Waals surface area contributed by atoms with E-state index in [1.165, 1.54) is 17.7 Å². The lowest BCUT2D eigenvalue weighted by Crippen LogP contribution is -2.13. The van der Waals surface area contributed by atoms with Crippen molar-refractivity contribution in [3.05, 3.63) is 81.9 Å². The van der Waals surface area contributed by atoms with Crippen LogP contribution in [-0.2, 0) is 19.4 Å². The highest BCUT2D eigenvalue weighted by Gasteiger charge is 2.20. The number of aromatic nitrogens is 4. The van der Waals surface area contributed by atoms with Crippen molar-refractivity contribution in [2.75, 3.05) is 0 Å². The van der Waals surface area contributed by atoms with Crippen LogP contribution in [0.25, 0.3) is 22.3 Å². The number of benzene rings is 2. The SMILES string of the molecule is O=c1[nH]c(CCc2cn3c(n2)-c2ccccc2C3)nc2c(F)cccc12. The summed E-state index contributed by atoms with van der Waals surface area (Å²) < 4.78 is 16.1. The number of halogens is 1. The maximum absolute atomic E-state index is 13.9. The Labute approximate surface area is 148 Å². The molecule has 5 nitrogen and oxygen atoms in total. The number of hydrogen-bond donors (Lipinski definition) is 1. The van der Waals surface area contributed by atoms with Crippen molar-refractivity contribution in [1.29, 1.82) is 0 Å². The zero-order chi connectivity index (χ0) is 17.7. The first-order valence-electron chi connectivity index (χ1n) is 8.51. The lowest BCUT2D eigenvalue weighted by atomic mass is 10.1. The number of nitrogens with zero attached hydrogens (tertiary/aromatic N) is 3. The fourth-order valence-electron chi connectivity index (χ4n) is 3.52. The van der Waals surface area contributed by atoms with Crippen molar-refractivity contribution in [3.63, 3.8) is 0 Å². The molecule has 5 rings (SSSR count). The number of para-hydroxylation sites is 1. The summed E-state index contributed by atoms with van der Waals surface area (Å²) >= 11 is 0. The van der Waals surface area contributed by atoms with Gasteiger partial charge in [-0.05, 0) is 24.1 Å². The molecule has 0 radical (unpaired) electrons. The van der Waals surface area contributed by atoms with Gasteiger partial charge in [-0.2, -0.15) is 0 Å². The Morgan fingerprint density at radius 2 is 1.96 bits per heavy atom. The zero-order valence-electron chi connectivity index (χ0n) is 13.9. The van der Waals surface area contributed by atoms with E-state index >= 15 is 0 Å². The molecule has 26 heavy (non-hydrogen) atoms. The third kappa shape index (κ3) is 2.34. The number of nitrogens with one attached hydrogen (secondary N) is 1. The molecule has 4 aromatic rings. The van der Waals surface area contributed by atoms with E-state index in [-0.39, 0.29) is 16.5 Å². The highest BCUT2D eigenvalue weighted by Crippen LogP contribution is 2.30. The average molecular weight is 346 g/mol. The minimum absolute atomic E-state index is 0.118. The molecule has 0 bridgehead atoms. The molecule has 0 fully saturated rings. The predicted octanol–water partition coefficient (Wildman–Crippen LogP) is 3.07. The Balaban J connectivity index is 1.42. The molecule has 0 amide bonds. The van der Waals surface area contributed by atoms with Crippen molar-refractivity contribution in [3.8, 4) is 11.4 Å². The van der Waals surface area contributed by atoms with Crippen LogP contribution in [-0.4, -0.2) is 19.5 Å². The van der Waals surface area contributed by atoms with Crippen LogP contribution in [0.2, 0.25) is 0 Å². The monoisotopic (exact) mass is 346 g/mol. The maximum atomic E-state index is 13.9. The van der Waals surface area contributed by atoms with Gasteiger partial charge in [-0.15, -0.1) is 0 Å². The summed E-state index contributed by atoms with van der Waals surface area (Å²) in [5, 5.41) is 0.270. The highest BCUT2D eigenvalue weighted by atomic mass is 19.1. The van der Waals surface area contributed by atoms with Crippen molar-refractivity contribution >= 4 is 10.9 Å².